The normalized spacial score (nSPS) is 11.7. The van der Waals surface area contributed by atoms with Crippen LogP contribution in [0.5, 0.6) is 0 Å². The number of benzene rings is 2. The van der Waals surface area contributed by atoms with Gasteiger partial charge >= 0.3 is 6.18 Å². The summed E-state index contributed by atoms with van der Waals surface area (Å²) in [6.45, 7) is 0. The van der Waals surface area contributed by atoms with E-state index in [1.807, 2.05) is 0 Å². The first kappa shape index (κ1) is 19.5. The maximum atomic E-state index is 13.1. The van der Waals surface area contributed by atoms with E-state index < -0.39 is 35.3 Å². The van der Waals surface area contributed by atoms with E-state index in [9.17, 15) is 26.7 Å². The lowest BCUT2D eigenvalue weighted by molar-refractivity contribution is -0.137. The first-order valence-corrected chi connectivity index (χ1v) is 8.06. The lowest BCUT2D eigenvalue weighted by Crippen LogP contribution is -2.15. The fourth-order valence-corrected chi connectivity index (χ4v) is 2.72. The van der Waals surface area contributed by atoms with Crippen LogP contribution in [0.2, 0.25) is 0 Å². The molecule has 0 aliphatic rings. The molecule has 1 heterocycles. The summed E-state index contributed by atoms with van der Waals surface area (Å²) in [6, 6.07) is 11.3. The lowest BCUT2D eigenvalue weighted by atomic mass is 10.0. The van der Waals surface area contributed by atoms with E-state index in [2.05, 4.69) is 10.4 Å². The van der Waals surface area contributed by atoms with Crippen LogP contribution in [0.4, 0.5) is 27.6 Å². The van der Waals surface area contributed by atoms with E-state index >= 15 is 0 Å². The summed E-state index contributed by atoms with van der Waals surface area (Å²) in [6.07, 6.45) is -6.54. The summed E-state index contributed by atoms with van der Waals surface area (Å²) in [5.74, 6) is -0.972. The molecule has 0 fully saturated rings. The number of hydrogen-bond acceptors (Lipinski definition) is 2. The molecule has 0 saturated heterocycles. The highest BCUT2D eigenvalue weighted by atomic mass is 19.4. The molecule has 0 aliphatic carbocycles. The van der Waals surface area contributed by atoms with Crippen molar-refractivity contribution in [2.24, 2.45) is 7.05 Å². The van der Waals surface area contributed by atoms with Gasteiger partial charge < -0.3 is 5.32 Å². The molecule has 28 heavy (non-hydrogen) atoms. The van der Waals surface area contributed by atoms with Crippen molar-refractivity contribution < 1.29 is 26.7 Å². The van der Waals surface area contributed by atoms with Gasteiger partial charge in [0.2, 0.25) is 0 Å². The van der Waals surface area contributed by atoms with Gasteiger partial charge in [-0.2, -0.15) is 18.3 Å². The summed E-state index contributed by atoms with van der Waals surface area (Å²) < 4.78 is 66.6. The molecule has 0 saturated carbocycles. The number of carbonyl (C=O) groups excluding carboxylic acids is 1. The van der Waals surface area contributed by atoms with E-state index in [-0.39, 0.29) is 5.69 Å². The number of anilines is 1. The largest absolute Gasteiger partial charge is 0.416 e. The summed E-state index contributed by atoms with van der Waals surface area (Å²) in [7, 11) is 1.36. The average Bonchev–Trinajstić information content (AvgIpc) is 3.04. The van der Waals surface area contributed by atoms with E-state index in [0.717, 1.165) is 23.0 Å². The number of halogens is 5. The molecule has 0 bridgehead atoms. The Kier molecular flexibility index (Phi) is 5.17. The predicted molar refractivity (Wildman–Crippen MR) is 93.0 cm³/mol. The molecule has 3 aromatic rings. The molecular weight excluding hydrogens is 381 g/mol. The number of aromatic nitrogens is 2. The third-order valence-corrected chi connectivity index (χ3v) is 3.99. The van der Waals surface area contributed by atoms with Crippen molar-refractivity contribution in [2.45, 2.75) is 12.6 Å². The van der Waals surface area contributed by atoms with Gasteiger partial charge in [0.25, 0.3) is 12.3 Å². The minimum absolute atomic E-state index is 0.143. The Morgan fingerprint density at radius 3 is 2.39 bits per heavy atom. The van der Waals surface area contributed by atoms with Gasteiger partial charge in [0.05, 0.1) is 11.1 Å². The quantitative estimate of drug-likeness (QED) is 0.610. The molecule has 0 radical (unpaired) electrons. The van der Waals surface area contributed by atoms with Crippen LogP contribution in [-0.4, -0.2) is 15.7 Å². The number of rotatable bonds is 4. The first-order valence-electron chi connectivity index (χ1n) is 8.06. The van der Waals surface area contributed by atoms with Crippen molar-refractivity contribution in [3.8, 4) is 11.1 Å². The minimum Gasteiger partial charge on any atom is -0.321 e. The zero-order valence-electron chi connectivity index (χ0n) is 14.5. The molecule has 4 nitrogen and oxygen atoms in total. The molecule has 0 spiro atoms. The number of nitrogens with zero attached hydrogens (tertiary/aromatic N) is 2. The van der Waals surface area contributed by atoms with E-state index in [0.29, 0.717) is 11.1 Å². The van der Waals surface area contributed by atoms with Crippen LogP contribution in [-0.2, 0) is 13.2 Å². The molecule has 3 rings (SSSR count). The molecule has 1 N–H and O–H groups in total. The fraction of sp³-hybridized carbons (Fsp3) is 0.158. The average molecular weight is 395 g/mol. The zero-order valence-corrected chi connectivity index (χ0v) is 14.5. The molecule has 9 heteroatoms. The van der Waals surface area contributed by atoms with Crippen molar-refractivity contribution in [2.75, 3.05) is 5.32 Å². The Morgan fingerprint density at radius 2 is 1.79 bits per heavy atom. The second-order valence-electron chi connectivity index (χ2n) is 5.98. The van der Waals surface area contributed by atoms with Crippen LogP contribution in [0.3, 0.4) is 0 Å². The van der Waals surface area contributed by atoms with Crippen LogP contribution in [0, 0.1) is 0 Å². The van der Waals surface area contributed by atoms with Crippen molar-refractivity contribution in [1.82, 2.24) is 9.78 Å². The van der Waals surface area contributed by atoms with Gasteiger partial charge in [-0.25, -0.2) is 8.78 Å². The molecule has 1 amide bonds. The second kappa shape index (κ2) is 7.41. The highest BCUT2D eigenvalue weighted by Crippen LogP contribution is 2.36. The Labute approximate surface area is 156 Å². The highest BCUT2D eigenvalue weighted by Gasteiger charge is 2.31. The van der Waals surface area contributed by atoms with Gasteiger partial charge in [0.15, 0.2) is 0 Å². The minimum atomic E-state index is -4.63. The third-order valence-electron chi connectivity index (χ3n) is 3.99. The van der Waals surface area contributed by atoms with E-state index in [1.54, 1.807) is 30.3 Å². The fourth-order valence-electron chi connectivity index (χ4n) is 2.72. The highest BCUT2D eigenvalue weighted by molar-refractivity contribution is 6.07. The molecule has 146 valence electrons. The first-order chi connectivity index (χ1) is 13.2. The van der Waals surface area contributed by atoms with Crippen LogP contribution < -0.4 is 5.32 Å². The summed E-state index contributed by atoms with van der Waals surface area (Å²) >= 11 is 0. The van der Waals surface area contributed by atoms with Crippen LogP contribution >= 0.6 is 0 Å². The molecule has 2 aromatic carbocycles. The smallest absolute Gasteiger partial charge is 0.321 e. The van der Waals surface area contributed by atoms with Crippen LogP contribution in [0.25, 0.3) is 11.1 Å². The molecule has 0 unspecified atom stereocenters. The predicted octanol–water partition coefficient (Wildman–Crippen LogP) is 5.30. The van der Waals surface area contributed by atoms with E-state index in [1.165, 1.54) is 13.1 Å². The van der Waals surface area contributed by atoms with Gasteiger partial charge in [-0.3, -0.25) is 9.48 Å². The Hall–Kier alpha value is -3.23. The van der Waals surface area contributed by atoms with Gasteiger partial charge in [-0.15, -0.1) is 0 Å². The standard InChI is InChI=1S/C19H14F5N3O/c1-27-10-14(16(26-27)17(20)21)18(28)25-15-9-12(19(22,23)24)7-8-13(15)11-5-3-2-4-6-11/h2-10,17H,1H3,(H,25,28). The van der Waals surface area contributed by atoms with Gasteiger partial charge in [-0.1, -0.05) is 36.4 Å². The molecule has 0 aliphatic heterocycles. The third kappa shape index (κ3) is 4.03. The molecular formula is C19H14F5N3O. The van der Waals surface area contributed by atoms with Gasteiger partial charge in [-0.05, 0) is 17.7 Å². The number of carbonyl (C=O) groups is 1. The Bertz CT molecular complexity index is 997. The summed E-state index contributed by atoms with van der Waals surface area (Å²) in [5, 5.41) is 5.86. The van der Waals surface area contributed by atoms with Crippen LogP contribution in [0.1, 0.15) is 28.0 Å². The number of amides is 1. The molecule has 1 aromatic heterocycles. The van der Waals surface area contributed by atoms with Crippen LogP contribution in [0.15, 0.2) is 54.7 Å². The Morgan fingerprint density at radius 1 is 1.11 bits per heavy atom. The van der Waals surface area contributed by atoms with Gasteiger partial charge in [0.1, 0.15) is 5.69 Å². The van der Waals surface area contributed by atoms with Crippen molar-refractivity contribution in [3.63, 3.8) is 0 Å². The maximum absolute atomic E-state index is 13.1. The number of hydrogen-bond donors (Lipinski definition) is 1. The van der Waals surface area contributed by atoms with Crippen molar-refractivity contribution in [1.29, 1.82) is 0 Å². The summed E-state index contributed by atoms with van der Waals surface area (Å²) in [5.41, 5.74) is -1.38. The maximum Gasteiger partial charge on any atom is 0.416 e. The molecule has 0 atom stereocenters. The second-order valence-corrected chi connectivity index (χ2v) is 5.98. The number of nitrogens with one attached hydrogen (secondary N) is 1. The van der Waals surface area contributed by atoms with E-state index in [4.69, 9.17) is 0 Å². The number of aryl methyl sites for hydroxylation is 1. The van der Waals surface area contributed by atoms with Crippen molar-refractivity contribution >= 4 is 11.6 Å². The zero-order chi connectivity index (χ0) is 20.5. The summed E-state index contributed by atoms with van der Waals surface area (Å²) in [4.78, 5) is 12.5. The number of alkyl halides is 5. The topological polar surface area (TPSA) is 46.9 Å². The lowest BCUT2D eigenvalue weighted by Gasteiger charge is -2.15. The SMILES string of the molecule is Cn1cc(C(=O)Nc2cc(C(F)(F)F)ccc2-c2ccccc2)c(C(F)F)n1. The van der Waals surface area contributed by atoms with Gasteiger partial charge in [0, 0.05) is 24.5 Å². The monoisotopic (exact) mass is 395 g/mol. The van der Waals surface area contributed by atoms with Crippen molar-refractivity contribution in [3.05, 3.63) is 71.5 Å². The Balaban J connectivity index is 2.05.